The first-order chi connectivity index (χ1) is 16.3. The van der Waals surface area contributed by atoms with Crippen molar-refractivity contribution in [3.63, 3.8) is 0 Å². The number of aromatic nitrogens is 7. The second kappa shape index (κ2) is 7.14. The lowest BCUT2D eigenvalue weighted by molar-refractivity contribution is -0.128. The average molecular weight is 467 g/mol. The van der Waals surface area contributed by atoms with E-state index in [2.05, 4.69) is 25.0 Å². The fourth-order valence-corrected chi connectivity index (χ4v) is 4.44. The summed E-state index contributed by atoms with van der Waals surface area (Å²) >= 11 is 0. The molecule has 5 heterocycles. The van der Waals surface area contributed by atoms with E-state index in [-0.39, 0.29) is 23.2 Å². The fraction of sp³-hybridized carbons (Fsp3) is 0.227. The van der Waals surface area contributed by atoms with Crippen molar-refractivity contribution in [1.29, 1.82) is 0 Å². The molecule has 172 valence electrons. The van der Waals surface area contributed by atoms with Crippen molar-refractivity contribution in [3.8, 4) is 11.3 Å². The van der Waals surface area contributed by atoms with Crippen LogP contribution in [0.3, 0.4) is 0 Å². The zero-order valence-corrected chi connectivity index (χ0v) is 17.4. The van der Waals surface area contributed by atoms with Gasteiger partial charge in [0.15, 0.2) is 5.65 Å². The van der Waals surface area contributed by atoms with E-state index >= 15 is 0 Å². The molecule has 1 saturated carbocycles. The van der Waals surface area contributed by atoms with E-state index in [1.165, 1.54) is 16.8 Å². The number of pyridine rings is 1. The van der Waals surface area contributed by atoms with Gasteiger partial charge in [-0.2, -0.15) is 18.3 Å². The molecule has 0 radical (unpaired) electrons. The topological polar surface area (TPSA) is 113 Å². The van der Waals surface area contributed by atoms with Crippen molar-refractivity contribution in [2.75, 3.05) is 0 Å². The molecular formula is C22H16F3N7O2. The van der Waals surface area contributed by atoms with Crippen molar-refractivity contribution in [2.45, 2.75) is 30.9 Å². The molecular weight excluding hydrogens is 451 g/mol. The minimum atomic E-state index is -4.35. The lowest BCUT2D eigenvalue weighted by atomic mass is 10.1. The predicted molar refractivity (Wildman–Crippen MR) is 115 cm³/mol. The van der Waals surface area contributed by atoms with E-state index < -0.39 is 23.8 Å². The minimum Gasteiger partial charge on any atom is -0.313 e. The smallest absolute Gasteiger partial charge is 0.313 e. The van der Waals surface area contributed by atoms with Crippen LogP contribution in [0.1, 0.15) is 35.2 Å². The van der Waals surface area contributed by atoms with Crippen molar-refractivity contribution in [1.82, 2.24) is 34.0 Å². The maximum atomic E-state index is 12.9. The largest absolute Gasteiger partial charge is 0.396 e. The Hall–Kier alpha value is -4.22. The van der Waals surface area contributed by atoms with Crippen molar-refractivity contribution in [2.24, 2.45) is 0 Å². The summed E-state index contributed by atoms with van der Waals surface area (Å²) in [7, 11) is 0. The molecule has 5 aromatic rings. The molecule has 5 aromatic heterocycles. The summed E-state index contributed by atoms with van der Waals surface area (Å²) in [6.45, 7) is 0. The van der Waals surface area contributed by atoms with E-state index in [0.717, 1.165) is 17.5 Å². The van der Waals surface area contributed by atoms with Gasteiger partial charge in [0, 0.05) is 30.4 Å². The molecule has 34 heavy (non-hydrogen) atoms. The summed E-state index contributed by atoms with van der Waals surface area (Å²) in [5, 5.41) is 4.44. The van der Waals surface area contributed by atoms with Crippen LogP contribution >= 0.6 is 0 Å². The van der Waals surface area contributed by atoms with Crippen LogP contribution < -0.4 is 11.2 Å². The van der Waals surface area contributed by atoms with E-state index in [1.807, 2.05) is 6.07 Å². The number of nitrogens with one attached hydrogen (secondary N) is 2. The molecule has 12 heteroatoms. The van der Waals surface area contributed by atoms with Gasteiger partial charge in [0.05, 0.1) is 23.0 Å². The third kappa shape index (κ3) is 3.47. The van der Waals surface area contributed by atoms with Gasteiger partial charge in [0.1, 0.15) is 12.2 Å². The van der Waals surface area contributed by atoms with Crippen LogP contribution in [-0.2, 0) is 6.42 Å². The van der Waals surface area contributed by atoms with Crippen LogP contribution in [-0.4, -0.2) is 40.1 Å². The van der Waals surface area contributed by atoms with Crippen LogP contribution in [0.25, 0.3) is 22.4 Å². The summed E-state index contributed by atoms with van der Waals surface area (Å²) < 4.78 is 41.9. The van der Waals surface area contributed by atoms with Crippen LogP contribution in [0.4, 0.5) is 13.2 Å². The normalized spacial score (nSPS) is 18.1. The van der Waals surface area contributed by atoms with Gasteiger partial charge in [0.2, 0.25) is 0 Å². The van der Waals surface area contributed by atoms with E-state index in [4.69, 9.17) is 0 Å². The van der Waals surface area contributed by atoms with Gasteiger partial charge in [-0.1, -0.05) is 6.07 Å². The summed E-state index contributed by atoms with van der Waals surface area (Å²) in [6, 6.07) is 5.44. The number of hydrogen-bond donors (Lipinski definition) is 2. The molecule has 0 amide bonds. The molecule has 9 nitrogen and oxygen atoms in total. The van der Waals surface area contributed by atoms with E-state index in [0.29, 0.717) is 16.9 Å². The highest BCUT2D eigenvalue weighted by atomic mass is 19.4. The summed E-state index contributed by atoms with van der Waals surface area (Å²) in [5.41, 5.74) is 2.41. The summed E-state index contributed by atoms with van der Waals surface area (Å²) in [4.78, 5) is 36.7. The molecule has 2 N–H and O–H groups in total. The van der Waals surface area contributed by atoms with Gasteiger partial charge < -0.3 is 9.38 Å². The van der Waals surface area contributed by atoms with E-state index in [1.54, 1.807) is 35.2 Å². The Morgan fingerprint density at radius 1 is 1.15 bits per heavy atom. The van der Waals surface area contributed by atoms with Crippen LogP contribution in [0.5, 0.6) is 0 Å². The third-order valence-electron chi connectivity index (χ3n) is 6.09. The zero-order chi connectivity index (χ0) is 23.6. The predicted octanol–water partition coefficient (Wildman–Crippen LogP) is 2.80. The van der Waals surface area contributed by atoms with Gasteiger partial charge in [-0.3, -0.25) is 9.78 Å². The molecule has 0 aromatic carbocycles. The number of fused-ring (bicyclic) bond motifs is 2. The van der Waals surface area contributed by atoms with Gasteiger partial charge >= 0.3 is 11.9 Å². The third-order valence-corrected chi connectivity index (χ3v) is 6.09. The Labute approximate surface area is 187 Å². The maximum Gasteiger partial charge on any atom is 0.396 e. The first-order valence-corrected chi connectivity index (χ1v) is 10.5. The number of hydrogen-bond acceptors (Lipinski definition) is 5. The second-order valence-corrected chi connectivity index (χ2v) is 8.34. The molecule has 0 unspecified atom stereocenters. The van der Waals surface area contributed by atoms with E-state index in [9.17, 15) is 22.8 Å². The quantitative estimate of drug-likeness (QED) is 0.422. The molecule has 0 aliphatic heterocycles. The van der Waals surface area contributed by atoms with Gasteiger partial charge in [-0.15, -0.1) is 0 Å². The Morgan fingerprint density at radius 3 is 2.79 bits per heavy atom. The molecule has 0 spiro atoms. The molecule has 1 aliphatic carbocycles. The number of halogens is 3. The molecule has 0 bridgehead atoms. The molecule has 2 atom stereocenters. The summed E-state index contributed by atoms with van der Waals surface area (Å²) in [6.07, 6.45) is 3.04. The highest BCUT2D eigenvalue weighted by Gasteiger charge is 2.42. The highest BCUT2D eigenvalue weighted by molar-refractivity contribution is 5.63. The average Bonchev–Trinajstić information content (AvgIpc) is 3.26. The Kier molecular flexibility index (Phi) is 4.28. The lowest BCUT2D eigenvalue weighted by Gasteiger charge is -2.09. The van der Waals surface area contributed by atoms with Crippen LogP contribution in [0.2, 0.25) is 0 Å². The number of imidazole rings is 2. The first kappa shape index (κ1) is 20.4. The van der Waals surface area contributed by atoms with Crippen molar-refractivity contribution >= 4 is 11.2 Å². The number of H-pyrrole nitrogens is 2. The number of alkyl halides is 3. The Balaban J connectivity index is 1.39. The minimum absolute atomic E-state index is 0.0422. The lowest BCUT2D eigenvalue weighted by Crippen LogP contribution is -2.23. The van der Waals surface area contributed by atoms with Crippen LogP contribution in [0.15, 0.2) is 58.8 Å². The SMILES string of the molecule is O=c1[nH]cc(-c2cc([C@H]3C[C@@H]3c3ccc4cnc(CC(F)(F)F)n4c3)c3nccn3n2)c(=O)[nH]1. The fourth-order valence-electron chi connectivity index (χ4n) is 4.44. The molecule has 1 fully saturated rings. The summed E-state index contributed by atoms with van der Waals surface area (Å²) in [5.74, 6) is 0.0522. The van der Waals surface area contributed by atoms with Crippen molar-refractivity contribution < 1.29 is 13.2 Å². The van der Waals surface area contributed by atoms with Gasteiger partial charge in [-0.05, 0) is 36.0 Å². The number of nitrogens with zero attached hydrogens (tertiary/aromatic N) is 5. The molecule has 1 aliphatic rings. The van der Waals surface area contributed by atoms with Gasteiger partial charge in [-0.25, -0.2) is 19.3 Å². The zero-order valence-electron chi connectivity index (χ0n) is 17.4. The molecule has 0 saturated heterocycles. The van der Waals surface area contributed by atoms with Crippen LogP contribution in [0, 0.1) is 0 Å². The maximum absolute atomic E-state index is 12.9. The second-order valence-electron chi connectivity index (χ2n) is 8.34. The highest BCUT2D eigenvalue weighted by Crippen LogP contribution is 2.55. The standard InChI is InChI=1S/C22H16F3N7O2/c23-22(24,25)7-18-27-8-12-2-1-11(10-31(12)18)13-5-14(13)15-6-17(30-32-4-3-26-19(15)32)16-9-28-21(34)29-20(16)33/h1-4,6,8-10,13-14H,5,7H2,(H2,28,29,33,34)/t13-,14+/m1/s1. The number of aromatic amines is 2. The monoisotopic (exact) mass is 467 g/mol. The van der Waals surface area contributed by atoms with Gasteiger partial charge in [0.25, 0.3) is 5.56 Å². The number of rotatable bonds is 4. The molecule has 6 rings (SSSR count). The Bertz CT molecular complexity index is 1680. The van der Waals surface area contributed by atoms with Crippen molar-refractivity contribution in [3.05, 3.63) is 87.0 Å². The first-order valence-electron chi connectivity index (χ1n) is 10.5. The Morgan fingerprint density at radius 2 is 2.00 bits per heavy atom.